The van der Waals surface area contributed by atoms with Crippen molar-refractivity contribution in [1.82, 2.24) is 20.0 Å². The van der Waals surface area contributed by atoms with E-state index in [1.54, 1.807) is 13.3 Å². The van der Waals surface area contributed by atoms with Crippen LogP contribution in [0.5, 0.6) is 5.75 Å². The van der Waals surface area contributed by atoms with Gasteiger partial charge in [0.25, 0.3) is 0 Å². The van der Waals surface area contributed by atoms with Crippen molar-refractivity contribution >= 4 is 0 Å². The molecule has 0 spiro atoms. The average molecular weight is 298 g/mol. The van der Waals surface area contributed by atoms with Crippen molar-refractivity contribution in [2.45, 2.75) is 39.0 Å². The molecule has 0 saturated heterocycles. The highest BCUT2D eigenvalue weighted by molar-refractivity contribution is 5.28. The van der Waals surface area contributed by atoms with Crippen molar-refractivity contribution in [2.24, 2.45) is 0 Å². The summed E-state index contributed by atoms with van der Waals surface area (Å²) in [4.78, 5) is 2.14. The van der Waals surface area contributed by atoms with E-state index in [1.165, 1.54) is 0 Å². The fraction of sp³-hybridized carbons (Fsp3) is 0.800. The second-order valence-electron chi connectivity index (χ2n) is 6.39. The predicted octanol–water partition coefficient (Wildman–Crippen LogP) is 1.53. The SMILES string of the molecule is CNC(COC(C)(C)C)c1c(OC)cnn1CCN(C)C. The van der Waals surface area contributed by atoms with Gasteiger partial charge in [-0.3, -0.25) is 4.68 Å². The Morgan fingerprint density at radius 2 is 2.05 bits per heavy atom. The summed E-state index contributed by atoms with van der Waals surface area (Å²) in [6.07, 6.45) is 1.77. The smallest absolute Gasteiger partial charge is 0.161 e. The van der Waals surface area contributed by atoms with Crippen LogP contribution in [0.3, 0.4) is 0 Å². The van der Waals surface area contributed by atoms with E-state index < -0.39 is 0 Å². The number of hydrogen-bond donors (Lipinski definition) is 1. The Morgan fingerprint density at radius 3 is 2.52 bits per heavy atom. The first-order valence-corrected chi connectivity index (χ1v) is 7.34. The van der Waals surface area contributed by atoms with Crippen LogP contribution >= 0.6 is 0 Å². The van der Waals surface area contributed by atoms with E-state index in [0.29, 0.717) is 6.61 Å². The number of rotatable bonds is 8. The molecule has 0 amide bonds. The van der Waals surface area contributed by atoms with Gasteiger partial charge in [-0.15, -0.1) is 0 Å². The van der Waals surface area contributed by atoms with Gasteiger partial charge in [0.1, 0.15) is 0 Å². The number of likely N-dealkylation sites (N-methyl/N-ethyl adjacent to an activating group) is 2. The van der Waals surface area contributed by atoms with Crippen LogP contribution in [-0.2, 0) is 11.3 Å². The zero-order chi connectivity index (χ0) is 16.0. The van der Waals surface area contributed by atoms with Gasteiger partial charge in [0.2, 0.25) is 0 Å². The van der Waals surface area contributed by atoms with E-state index >= 15 is 0 Å². The highest BCUT2D eigenvalue weighted by Crippen LogP contribution is 2.26. The fourth-order valence-corrected chi connectivity index (χ4v) is 1.99. The molecule has 21 heavy (non-hydrogen) atoms. The number of methoxy groups -OCH3 is 1. The standard InChI is InChI=1S/C15H30N4O2/c1-15(2,3)21-11-12(16-4)14-13(20-7)10-17-19(14)9-8-18(5)6/h10,12,16H,8-9,11H2,1-7H3. The van der Waals surface area contributed by atoms with E-state index in [0.717, 1.165) is 24.5 Å². The quantitative estimate of drug-likeness (QED) is 0.789. The van der Waals surface area contributed by atoms with Gasteiger partial charge in [-0.1, -0.05) is 0 Å². The molecule has 1 N–H and O–H groups in total. The highest BCUT2D eigenvalue weighted by Gasteiger charge is 2.23. The van der Waals surface area contributed by atoms with Gasteiger partial charge in [0, 0.05) is 6.54 Å². The number of nitrogens with zero attached hydrogens (tertiary/aromatic N) is 3. The van der Waals surface area contributed by atoms with E-state index in [2.05, 4.69) is 50.2 Å². The first kappa shape index (κ1) is 17.9. The Balaban J connectivity index is 2.91. The topological polar surface area (TPSA) is 51.5 Å². The second-order valence-corrected chi connectivity index (χ2v) is 6.39. The molecular formula is C15H30N4O2. The molecule has 0 aliphatic carbocycles. The fourth-order valence-electron chi connectivity index (χ4n) is 1.99. The molecule has 6 nitrogen and oxygen atoms in total. The molecule has 1 heterocycles. The molecule has 1 aromatic rings. The zero-order valence-corrected chi connectivity index (χ0v) is 14.4. The van der Waals surface area contributed by atoms with Gasteiger partial charge >= 0.3 is 0 Å². The molecule has 6 heteroatoms. The van der Waals surface area contributed by atoms with Crippen LogP contribution in [-0.4, -0.2) is 61.7 Å². The van der Waals surface area contributed by atoms with Crippen LogP contribution in [0.2, 0.25) is 0 Å². The highest BCUT2D eigenvalue weighted by atomic mass is 16.5. The summed E-state index contributed by atoms with van der Waals surface area (Å²) < 4.78 is 13.4. The average Bonchev–Trinajstić information content (AvgIpc) is 2.79. The van der Waals surface area contributed by atoms with Gasteiger partial charge in [-0.05, 0) is 41.9 Å². The van der Waals surface area contributed by atoms with Crippen molar-refractivity contribution in [3.05, 3.63) is 11.9 Å². The lowest BCUT2D eigenvalue weighted by Gasteiger charge is -2.25. The van der Waals surface area contributed by atoms with Crippen LogP contribution in [0.15, 0.2) is 6.20 Å². The van der Waals surface area contributed by atoms with Gasteiger partial charge in [-0.25, -0.2) is 0 Å². The predicted molar refractivity (Wildman–Crippen MR) is 84.8 cm³/mol. The monoisotopic (exact) mass is 298 g/mol. The molecule has 1 atom stereocenters. The zero-order valence-electron chi connectivity index (χ0n) is 14.4. The van der Waals surface area contributed by atoms with Crippen LogP contribution in [0.1, 0.15) is 32.5 Å². The minimum atomic E-state index is -0.170. The Hall–Kier alpha value is -1.11. The van der Waals surface area contributed by atoms with E-state index in [1.807, 2.05) is 11.7 Å². The van der Waals surface area contributed by atoms with Gasteiger partial charge < -0.3 is 19.7 Å². The Morgan fingerprint density at radius 1 is 1.38 bits per heavy atom. The Kier molecular flexibility index (Phi) is 6.64. The summed E-state index contributed by atoms with van der Waals surface area (Å²) in [7, 11) is 7.71. The molecule has 0 fully saturated rings. The van der Waals surface area contributed by atoms with E-state index in [-0.39, 0.29) is 11.6 Å². The first-order valence-electron chi connectivity index (χ1n) is 7.34. The third-order valence-corrected chi connectivity index (χ3v) is 3.19. The normalized spacial score (nSPS) is 13.7. The molecule has 0 bridgehead atoms. The maximum atomic E-state index is 5.92. The molecule has 0 saturated carbocycles. The summed E-state index contributed by atoms with van der Waals surface area (Å²) in [5, 5.41) is 7.74. The summed E-state index contributed by atoms with van der Waals surface area (Å²) in [5.74, 6) is 0.797. The van der Waals surface area contributed by atoms with Gasteiger partial charge in [-0.2, -0.15) is 5.10 Å². The summed E-state index contributed by atoms with van der Waals surface area (Å²) >= 11 is 0. The number of nitrogens with one attached hydrogen (secondary N) is 1. The molecule has 0 aliphatic heterocycles. The Bertz CT molecular complexity index is 424. The van der Waals surface area contributed by atoms with Crippen LogP contribution in [0.4, 0.5) is 0 Å². The Labute approximate surface area is 128 Å². The molecular weight excluding hydrogens is 268 g/mol. The summed E-state index contributed by atoms with van der Waals surface area (Å²) in [6.45, 7) is 8.48. The molecule has 1 aromatic heterocycles. The third kappa shape index (κ3) is 5.65. The van der Waals surface area contributed by atoms with Crippen molar-refractivity contribution in [1.29, 1.82) is 0 Å². The van der Waals surface area contributed by atoms with E-state index in [4.69, 9.17) is 9.47 Å². The maximum Gasteiger partial charge on any atom is 0.161 e. The first-order chi connectivity index (χ1) is 9.78. The second kappa shape index (κ2) is 7.77. The molecule has 0 aliphatic rings. The molecule has 0 radical (unpaired) electrons. The van der Waals surface area contributed by atoms with Crippen molar-refractivity contribution in [3.8, 4) is 5.75 Å². The largest absolute Gasteiger partial charge is 0.493 e. The number of aromatic nitrogens is 2. The number of hydrogen-bond acceptors (Lipinski definition) is 5. The van der Waals surface area contributed by atoms with Crippen molar-refractivity contribution < 1.29 is 9.47 Å². The molecule has 1 rings (SSSR count). The molecule has 122 valence electrons. The number of ether oxygens (including phenoxy) is 2. The lowest BCUT2D eigenvalue weighted by atomic mass is 10.1. The summed E-state index contributed by atoms with van der Waals surface area (Å²) in [5.41, 5.74) is 0.864. The van der Waals surface area contributed by atoms with Crippen molar-refractivity contribution in [2.75, 3.05) is 41.4 Å². The minimum absolute atomic E-state index is 0.0452. The molecule has 0 aromatic carbocycles. The van der Waals surface area contributed by atoms with Crippen molar-refractivity contribution in [3.63, 3.8) is 0 Å². The van der Waals surface area contributed by atoms with Crippen LogP contribution in [0.25, 0.3) is 0 Å². The molecule has 1 unspecified atom stereocenters. The van der Waals surface area contributed by atoms with E-state index in [9.17, 15) is 0 Å². The lowest BCUT2D eigenvalue weighted by molar-refractivity contribution is -0.0152. The van der Waals surface area contributed by atoms with Gasteiger partial charge in [0.05, 0.1) is 43.8 Å². The maximum absolute atomic E-state index is 5.92. The third-order valence-electron chi connectivity index (χ3n) is 3.19. The van der Waals surface area contributed by atoms with Gasteiger partial charge in [0.15, 0.2) is 5.75 Å². The summed E-state index contributed by atoms with van der Waals surface area (Å²) in [6, 6.07) is 0.0452. The minimum Gasteiger partial charge on any atom is -0.493 e. The van der Waals surface area contributed by atoms with Crippen LogP contribution in [0, 0.1) is 0 Å². The van der Waals surface area contributed by atoms with Crippen LogP contribution < -0.4 is 10.1 Å². The lowest BCUT2D eigenvalue weighted by Crippen LogP contribution is -2.31.